The molecule has 2 fully saturated rings. The van der Waals surface area contributed by atoms with Crippen LogP contribution in [0.1, 0.15) is 55.8 Å². The molecule has 0 bridgehead atoms. The molecule has 21 heavy (non-hydrogen) atoms. The average molecular weight is 348 g/mol. The second-order valence-corrected chi connectivity index (χ2v) is 7.29. The summed E-state index contributed by atoms with van der Waals surface area (Å²) in [5.41, 5.74) is 7.10. The Morgan fingerprint density at radius 1 is 1.05 bits per heavy atom. The minimum Gasteiger partial charge on any atom is -0.338 e. The van der Waals surface area contributed by atoms with Crippen molar-refractivity contribution < 1.29 is 4.52 Å². The van der Waals surface area contributed by atoms with Gasteiger partial charge in [0, 0.05) is 4.47 Å². The van der Waals surface area contributed by atoms with Gasteiger partial charge in [0.1, 0.15) is 0 Å². The van der Waals surface area contributed by atoms with E-state index in [0.717, 1.165) is 42.5 Å². The molecule has 4 nitrogen and oxygen atoms in total. The summed E-state index contributed by atoms with van der Waals surface area (Å²) in [5, 5.41) is 4.18. The first-order chi connectivity index (χ1) is 10.1. The van der Waals surface area contributed by atoms with Crippen molar-refractivity contribution in [3.05, 3.63) is 46.0 Å². The van der Waals surface area contributed by atoms with Gasteiger partial charge in [-0.25, -0.2) is 0 Å². The standard InChI is InChI=1S/C16H18BrN3O/c17-12-5-3-11(4-6-12)15(7-1-8-15)14-19-13(20-21-14)16(18)9-2-10-16/h3-6H,1-2,7-10,18H2. The van der Waals surface area contributed by atoms with Gasteiger partial charge < -0.3 is 10.3 Å². The highest BCUT2D eigenvalue weighted by Crippen LogP contribution is 2.49. The third-order valence-electron chi connectivity index (χ3n) is 5.13. The maximum absolute atomic E-state index is 6.31. The minimum atomic E-state index is -0.355. The van der Waals surface area contributed by atoms with Crippen LogP contribution >= 0.6 is 15.9 Å². The molecule has 1 aromatic heterocycles. The van der Waals surface area contributed by atoms with Crippen molar-refractivity contribution in [1.29, 1.82) is 0 Å². The molecule has 2 aliphatic carbocycles. The lowest BCUT2D eigenvalue weighted by atomic mass is 9.64. The topological polar surface area (TPSA) is 64.9 Å². The summed E-state index contributed by atoms with van der Waals surface area (Å²) in [4.78, 5) is 4.68. The number of aromatic nitrogens is 2. The Morgan fingerprint density at radius 2 is 1.71 bits per heavy atom. The third-order valence-corrected chi connectivity index (χ3v) is 5.66. The van der Waals surface area contributed by atoms with Gasteiger partial charge in [-0.3, -0.25) is 0 Å². The molecule has 2 saturated carbocycles. The molecule has 0 saturated heterocycles. The fraction of sp³-hybridized carbons (Fsp3) is 0.500. The number of halogens is 1. The van der Waals surface area contributed by atoms with Crippen molar-refractivity contribution >= 4 is 15.9 Å². The first-order valence-corrected chi connectivity index (χ1v) is 8.31. The predicted molar refractivity (Wildman–Crippen MR) is 82.8 cm³/mol. The maximum Gasteiger partial charge on any atom is 0.237 e. The summed E-state index contributed by atoms with van der Waals surface area (Å²) in [6, 6.07) is 8.44. The third kappa shape index (κ3) is 1.98. The van der Waals surface area contributed by atoms with Gasteiger partial charge in [0.25, 0.3) is 0 Å². The molecule has 1 heterocycles. The van der Waals surface area contributed by atoms with Gasteiger partial charge in [-0.15, -0.1) is 0 Å². The van der Waals surface area contributed by atoms with Crippen molar-refractivity contribution in [2.75, 3.05) is 0 Å². The minimum absolute atomic E-state index is 0.105. The lowest BCUT2D eigenvalue weighted by Crippen LogP contribution is -2.44. The van der Waals surface area contributed by atoms with Crippen LogP contribution < -0.4 is 5.73 Å². The van der Waals surface area contributed by atoms with E-state index in [1.807, 2.05) is 0 Å². The van der Waals surface area contributed by atoms with E-state index in [2.05, 4.69) is 50.3 Å². The lowest BCUT2D eigenvalue weighted by molar-refractivity contribution is 0.209. The van der Waals surface area contributed by atoms with Crippen molar-refractivity contribution in [2.24, 2.45) is 5.73 Å². The summed E-state index contributed by atoms with van der Waals surface area (Å²) >= 11 is 3.49. The van der Waals surface area contributed by atoms with E-state index in [1.54, 1.807) is 0 Å². The van der Waals surface area contributed by atoms with Crippen LogP contribution in [0.25, 0.3) is 0 Å². The summed E-state index contributed by atoms with van der Waals surface area (Å²) in [6.07, 6.45) is 6.38. The molecular formula is C16H18BrN3O. The monoisotopic (exact) mass is 347 g/mol. The summed E-state index contributed by atoms with van der Waals surface area (Å²) in [7, 11) is 0. The van der Waals surface area contributed by atoms with Crippen LogP contribution in [0.3, 0.4) is 0 Å². The number of hydrogen-bond acceptors (Lipinski definition) is 4. The van der Waals surface area contributed by atoms with Gasteiger partial charge in [-0.2, -0.15) is 4.98 Å². The number of nitrogens with zero attached hydrogens (tertiary/aromatic N) is 2. The SMILES string of the molecule is NC1(c2noc(C3(c4ccc(Br)cc4)CCC3)n2)CCC1. The first kappa shape index (κ1) is 13.5. The van der Waals surface area contributed by atoms with E-state index < -0.39 is 0 Å². The molecular weight excluding hydrogens is 330 g/mol. The Kier molecular flexibility index (Phi) is 2.98. The fourth-order valence-electron chi connectivity index (χ4n) is 3.33. The molecule has 0 unspecified atom stereocenters. The Labute approximate surface area is 132 Å². The summed E-state index contributed by atoms with van der Waals surface area (Å²) < 4.78 is 6.71. The van der Waals surface area contributed by atoms with Crippen LogP contribution in [0.4, 0.5) is 0 Å². The van der Waals surface area contributed by atoms with Crippen molar-refractivity contribution in [3.8, 4) is 0 Å². The van der Waals surface area contributed by atoms with Crippen LogP contribution in [0.15, 0.2) is 33.3 Å². The molecule has 0 spiro atoms. The molecule has 0 radical (unpaired) electrons. The Hall–Kier alpha value is -1.20. The second kappa shape index (κ2) is 4.65. The highest BCUT2D eigenvalue weighted by atomic mass is 79.9. The molecule has 2 aliphatic rings. The van der Waals surface area contributed by atoms with E-state index >= 15 is 0 Å². The van der Waals surface area contributed by atoms with Crippen molar-refractivity contribution in [2.45, 2.75) is 49.5 Å². The molecule has 110 valence electrons. The van der Waals surface area contributed by atoms with Gasteiger partial charge in [-0.05, 0) is 49.8 Å². The number of hydrogen-bond donors (Lipinski definition) is 1. The molecule has 2 N–H and O–H groups in total. The van der Waals surface area contributed by atoms with Crippen molar-refractivity contribution in [3.63, 3.8) is 0 Å². The van der Waals surface area contributed by atoms with Crippen LogP contribution in [-0.4, -0.2) is 10.1 Å². The molecule has 2 aromatic rings. The van der Waals surface area contributed by atoms with Gasteiger partial charge in [0.2, 0.25) is 5.89 Å². The molecule has 0 atom stereocenters. The van der Waals surface area contributed by atoms with Gasteiger partial charge in [0.05, 0.1) is 11.0 Å². The highest BCUT2D eigenvalue weighted by Gasteiger charge is 2.47. The predicted octanol–water partition coefficient (Wildman–Crippen LogP) is 3.64. The van der Waals surface area contributed by atoms with E-state index in [1.165, 1.54) is 12.0 Å². The second-order valence-electron chi connectivity index (χ2n) is 6.38. The number of rotatable bonds is 3. The Bertz CT molecular complexity index is 656. The molecule has 4 rings (SSSR count). The Morgan fingerprint density at radius 3 is 2.24 bits per heavy atom. The van der Waals surface area contributed by atoms with Crippen LogP contribution in [0.5, 0.6) is 0 Å². The van der Waals surface area contributed by atoms with E-state index in [0.29, 0.717) is 5.82 Å². The van der Waals surface area contributed by atoms with Gasteiger partial charge in [-0.1, -0.05) is 39.6 Å². The maximum atomic E-state index is 6.31. The molecule has 0 amide bonds. The van der Waals surface area contributed by atoms with Crippen LogP contribution in [0.2, 0.25) is 0 Å². The molecule has 0 aliphatic heterocycles. The Balaban J connectivity index is 1.71. The zero-order valence-corrected chi connectivity index (χ0v) is 13.4. The number of benzene rings is 1. The van der Waals surface area contributed by atoms with Gasteiger partial charge >= 0.3 is 0 Å². The van der Waals surface area contributed by atoms with Gasteiger partial charge in [0.15, 0.2) is 5.82 Å². The average Bonchev–Trinajstić information content (AvgIpc) is 2.87. The van der Waals surface area contributed by atoms with Crippen LogP contribution in [-0.2, 0) is 11.0 Å². The highest BCUT2D eigenvalue weighted by molar-refractivity contribution is 9.10. The molecule has 1 aromatic carbocycles. The smallest absolute Gasteiger partial charge is 0.237 e. The van der Waals surface area contributed by atoms with E-state index in [9.17, 15) is 0 Å². The first-order valence-electron chi connectivity index (χ1n) is 7.52. The zero-order chi connectivity index (χ0) is 14.5. The van der Waals surface area contributed by atoms with Crippen molar-refractivity contribution in [1.82, 2.24) is 10.1 Å². The molecule has 5 heteroatoms. The summed E-state index contributed by atoms with van der Waals surface area (Å²) in [5.74, 6) is 1.43. The zero-order valence-electron chi connectivity index (χ0n) is 11.8. The fourth-order valence-corrected chi connectivity index (χ4v) is 3.59. The summed E-state index contributed by atoms with van der Waals surface area (Å²) in [6.45, 7) is 0. The normalized spacial score (nSPS) is 22.4. The van der Waals surface area contributed by atoms with E-state index in [4.69, 9.17) is 10.3 Å². The van der Waals surface area contributed by atoms with E-state index in [-0.39, 0.29) is 11.0 Å². The van der Waals surface area contributed by atoms with Crippen LogP contribution in [0, 0.1) is 0 Å². The quantitative estimate of drug-likeness (QED) is 0.920. The number of nitrogens with two attached hydrogens (primary N) is 1. The lowest BCUT2D eigenvalue weighted by Gasteiger charge is -2.39. The largest absolute Gasteiger partial charge is 0.338 e.